The minimum Gasteiger partial charge on any atom is -0.378 e. The average Bonchev–Trinajstić information content (AvgIpc) is 2.63. The van der Waals surface area contributed by atoms with E-state index in [0.717, 1.165) is 10.0 Å². The Morgan fingerprint density at radius 1 is 1.38 bits per heavy atom. The molecule has 0 unspecified atom stereocenters. The lowest BCUT2D eigenvalue weighted by atomic mass is 10.2. The number of carbonyl (C=O) groups excluding carboxylic acids is 1. The maximum atomic E-state index is 12.4. The third-order valence-corrected chi connectivity index (χ3v) is 4.68. The van der Waals surface area contributed by atoms with E-state index in [1.165, 1.54) is 6.20 Å². The molecule has 1 aliphatic rings. The second-order valence-electron chi connectivity index (χ2n) is 5.43. The first-order valence-electron chi connectivity index (χ1n) is 7.54. The van der Waals surface area contributed by atoms with Crippen LogP contribution in [0.4, 0.5) is 11.5 Å². The van der Waals surface area contributed by atoms with Crippen molar-refractivity contribution >= 4 is 33.3 Å². The fourth-order valence-corrected chi connectivity index (χ4v) is 2.73. The Balaban J connectivity index is 1.77. The minimum absolute atomic E-state index is 0.0613. The Bertz CT molecular complexity index is 798. The van der Waals surface area contributed by atoms with Gasteiger partial charge in [-0.15, -0.1) is 0 Å². The maximum absolute atomic E-state index is 12.4. The summed E-state index contributed by atoms with van der Waals surface area (Å²) in [4.78, 5) is 32.9. The molecule has 1 aliphatic heterocycles. The van der Waals surface area contributed by atoms with Gasteiger partial charge in [-0.25, -0.2) is 4.98 Å². The van der Waals surface area contributed by atoms with Gasteiger partial charge in [0.25, 0.3) is 11.5 Å². The topological polar surface area (TPSA) is 87.3 Å². The van der Waals surface area contributed by atoms with Crippen molar-refractivity contribution in [2.45, 2.75) is 6.92 Å². The number of nitrogens with zero attached hydrogens (tertiary/aromatic N) is 2. The van der Waals surface area contributed by atoms with Crippen molar-refractivity contribution < 1.29 is 9.53 Å². The quantitative estimate of drug-likeness (QED) is 0.834. The SMILES string of the molecule is Cc1c(Br)c[nH]c(=O)c1Nc1ccc(C(=O)N2CCOCC2)cn1. The van der Waals surface area contributed by atoms with Gasteiger partial charge in [-0.3, -0.25) is 9.59 Å². The third kappa shape index (κ3) is 3.49. The molecule has 24 heavy (non-hydrogen) atoms. The lowest BCUT2D eigenvalue weighted by molar-refractivity contribution is 0.0302. The summed E-state index contributed by atoms with van der Waals surface area (Å²) in [7, 11) is 0. The number of aromatic amines is 1. The summed E-state index contributed by atoms with van der Waals surface area (Å²) in [5.41, 5.74) is 1.49. The lowest BCUT2D eigenvalue weighted by Crippen LogP contribution is -2.40. The standard InChI is InChI=1S/C16H17BrN4O3/c1-10-12(17)9-19-15(22)14(10)20-13-3-2-11(8-18-13)16(23)21-4-6-24-7-5-21/h2-3,8-9H,4-7H2,1H3,(H,18,20)(H,19,22). The van der Waals surface area contributed by atoms with Gasteiger partial charge in [-0.1, -0.05) is 0 Å². The van der Waals surface area contributed by atoms with Gasteiger partial charge < -0.3 is 19.9 Å². The minimum atomic E-state index is -0.231. The van der Waals surface area contributed by atoms with E-state index in [2.05, 4.69) is 31.2 Å². The number of hydrogen-bond donors (Lipinski definition) is 2. The molecule has 1 fully saturated rings. The molecule has 0 spiro atoms. The number of H-pyrrole nitrogens is 1. The zero-order chi connectivity index (χ0) is 17.1. The van der Waals surface area contributed by atoms with Crippen LogP contribution in [0.1, 0.15) is 15.9 Å². The Hall–Kier alpha value is -2.19. The monoisotopic (exact) mass is 392 g/mol. The highest BCUT2D eigenvalue weighted by Gasteiger charge is 2.18. The molecular weight excluding hydrogens is 376 g/mol. The molecule has 3 heterocycles. The molecule has 2 N–H and O–H groups in total. The van der Waals surface area contributed by atoms with E-state index in [1.807, 2.05) is 6.92 Å². The Kier molecular flexibility index (Phi) is 4.96. The number of carbonyl (C=O) groups is 1. The number of halogens is 1. The van der Waals surface area contributed by atoms with Gasteiger partial charge in [0.1, 0.15) is 11.5 Å². The molecule has 7 nitrogen and oxygen atoms in total. The van der Waals surface area contributed by atoms with Crippen LogP contribution in [0.5, 0.6) is 0 Å². The molecule has 0 aromatic carbocycles. The normalized spacial score (nSPS) is 14.5. The number of rotatable bonds is 3. The maximum Gasteiger partial charge on any atom is 0.272 e. The van der Waals surface area contributed by atoms with Gasteiger partial charge in [0, 0.05) is 30.0 Å². The molecule has 0 saturated carbocycles. The number of amides is 1. The van der Waals surface area contributed by atoms with Crippen molar-refractivity contribution in [3.8, 4) is 0 Å². The van der Waals surface area contributed by atoms with Crippen LogP contribution in [-0.4, -0.2) is 47.1 Å². The first-order valence-corrected chi connectivity index (χ1v) is 8.33. The Morgan fingerprint density at radius 3 is 2.79 bits per heavy atom. The van der Waals surface area contributed by atoms with E-state index >= 15 is 0 Å². The van der Waals surface area contributed by atoms with Crippen molar-refractivity contribution in [3.05, 3.63) is 50.5 Å². The van der Waals surface area contributed by atoms with Crippen LogP contribution in [0, 0.1) is 6.92 Å². The largest absolute Gasteiger partial charge is 0.378 e. The van der Waals surface area contributed by atoms with Gasteiger partial charge in [0.2, 0.25) is 0 Å². The fourth-order valence-electron chi connectivity index (χ4n) is 2.42. The van der Waals surface area contributed by atoms with E-state index in [4.69, 9.17) is 4.74 Å². The number of pyridine rings is 2. The zero-order valence-corrected chi connectivity index (χ0v) is 14.7. The summed E-state index contributed by atoms with van der Waals surface area (Å²) in [6.07, 6.45) is 3.11. The van der Waals surface area contributed by atoms with Crippen LogP contribution >= 0.6 is 15.9 Å². The van der Waals surface area contributed by atoms with Crippen molar-refractivity contribution in [2.75, 3.05) is 31.6 Å². The van der Waals surface area contributed by atoms with Crippen molar-refractivity contribution in [3.63, 3.8) is 0 Å². The summed E-state index contributed by atoms with van der Waals surface area (Å²) in [6.45, 7) is 4.13. The molecular formula is C16H17BrN4O3. The summed E-state index contributed by atoms with van der Waals surface area (Å²) < 4.78 is 6.04. The van der Waals surface area contributed by atoms with E-state index in [1.54, 1.807) is 23.2 Å². The van der Waals surface area contributed by atoms with Crippen LogP contribution in [0.15, 0.2) is 33.8 Å². The van der Waals surface area contributed by atoms with E-state index in [-0.39, 0.29) is 11.5 Å². The fraction of sp³-hybridized carbons (Fsp3) is 0.312. The van der Waals surface area contributed by atoms with Crippen LogP contribution < -0.4 is 10.9 Å². The molecule has 0 radical (unpaired) electrons. The van der Waals surface area contributed by atoms with Gasteiger partial charge >= 0.3 is 0 Å². The smallest absolute Gasteiger partial charge is 0.272 e. The first kappa shape index (κ1) is 16.7. The first-order chi connectivity index (χ1) is 11.6. The number of hydrogen-bond acceptors (Lipinski definition) is 5. The molecule has 8 heteroatoms. The number of nitrogens with one attached hydrogen (secondary N) is 2. The number of morpholine rings is 1. The number of anilines is 2. The second kappa shape index (κ2) is 7.14. The molecule has 0 aliphatic carbocycles. The van der Waals surface area contributed by atoms with Crippen LogP contribution in [0.25, 0.3) is 0 Å². The summed E-state index contributed by atoms with van der Waals surface area (Å²) in [6, 6.07) is 3.39. The van der Waals surface area contributed by atoms with E-state index < -0.39 is 0 Å². The van der Waals surface area contributed by atoms with Crippen LogP contribution in [-0.2, 0) is 4.74 Å². The molecule has 2 aromatic rings. The molecule has 2 aromatic heterocycles. The molecule has 0 atom stereocenters. The van der Waals surface area contributed by atoms with E-state index in [9.17, 15) is 9.59 Å². The highest BCUT2D eigenvalue weighted by molar-refractivity contribution is 9.10. The highest BCUT2D eigenvalue weighted by atomic mass is 79.9. The van der Waals surface area contributed by atoms with Crippen molar-refractivity contribution in [2.24, 2.45) is 0 Å². The highest BCUT2D eigenvalue weighted by Crippen LogP contribution is 2.21. The summed E-state index contributed by atoms with van der Waals surface area (Å²) in [5, 5.41) is 3.00. The van der Waals surface area contributed by atoms with Crippen LogP contribution in [0.2, 0.25) is 0 Å². The average molecular weight is 393 g/mol. The lowest BCUT2D eigenvalue weighted by Gasteiger charge is -2.26. The van der Waals surface area contributed by atoms with Gasteiger partial charge in [-0.2, -0.15) is 0 Å². The number of ether oxygens (including phenoxy) is 1. The van der Waals surface area contributed by atoms with Gasteiger partial charge in [-0.05, 0) is 40.5 Å². The molecule has 3 rings (SSSR count). The van der Waals surface area contributed by atoms with E-state index in [0.29, 0.717) is 43.4 Å². The third-order valence-electron chi connectivity index (χ3n) is 3.85. The van der Waals surface area contributed by atoms with Gasteiger partial charge in [0.15, 0.2) is 0 Å². The second-order valence-corrected chi connectivity index (χ2v) is 6.28. The summed E-state index contributed by atoms with van der Waals surface area (Å²) in [5.74, 6) is 0.439. The Morgan fingerprint density at radius 2 is 2.12 bits per heavy atom. The predicted octanol–water partition coefficient (Wildman–Crippen LogP) is 2.06. The molecule has 126 valence electrons. The molecule has 1 amide bonds. The van der Waals surface area contributed by atoms with Crippen LogP contribution in [0.3, 0.4) is 0 Å². The van der Waals surface area contributed by atoms with Crippen molar-refractivity contribution in [1.82, 2.24) is 14.9 Å². The molecule has 0 bridgehead atoms. The predicted molar refractivity (Wildman–Crippen MR) is 93.7 cm³/mol. The van der Waals surface area contributed by atoms with Crippen molar-refractivity contribution in [1.29, 1.82) is 0 Å². The Labute approximate surface area is 147 Å². The molecule has 1 saturated heterocycles. The van der Waals surface area contributed by atoms with Gasteiger partial charge in [0.05, 0.1) is 18.8 Å². The summed E-state index contributed by atoms with van der Waals surface area (Å²) >= 11 is 3.38. The number of aromatic nitrogens is 2. The zero-order valence-electron chi connectivity index (χ0n) is 13.1.